The lowest BCUT2D eigenvalue weighted by atomic mass is 10.2. The minimum absolute atomic E-state index is 1.09. The summed E-state index contributed by atoms with van der Waals surface area (Å²) in [5, 5.41) is 0. The maximum absolute atomic E-state index is 3.17. The van der Waals surface area contributed by atoms with Gasteiger partial charge in [0, 0.05) is 0 Å². The van der Waals surface area contributed by atoms with Crippen molar-refractivity contribution in [1.29, 1.82) is 0 Å². The molecule has 0 rings (SSSR count). The lowest BCUT2D eigenvalue weighted by Gasteiger charge is -1.82. The molecule has 0 unspecified atom stereocenters. The zero-order chi connectivity index (χ0) is 7.82. The van der Waals surface area contributed by atoms with Crippen LogP contribution in [0.3, 0.4) is 0 Å². The third-order valence-electron chi connectivity index (χ3n) is 1.33. The summed E-state index contributed by atoms with van der Waals surface area (Å²) < 4.78 is 0. The second-order valence-corrected chi connectivity index (χ2v) is 2.28. The van der Waals surface area contributed by atoms with Crippen LogP contribution in [-0.4, -0.2) is 0 Å². The molecule has 0 amide bonds. The summed E-state index contributed by atoms with van der Waals surface area (Å²) in [7, 11) is 0. The standard InChI is InChI=1S/C10H16/c1-4-6-7-8-9-10(3)5-2/h6-8H,4-5H2,1-3H3. The van der Waals surface area contributed by atoms with Crippen LogP contribution in [0.4, 0.5) is 0 Å². The zero-order valence-corrected chi connectivity index (χ0v) is 7.15. The van der Waals surface area contributed by atoms with Crippen LogP contribution in [0.1, 0.15) is 33.6 Å². The monoisotopic (exact) mass is 136 g/mol. The van der Waals surface area contributed by atoms with E-state index in [1.807, 2.05) is 12.2 Å². The average molecular weight is 136 g/mol. The van der Waals surface area contributed by atoms with Gasteiger partial charge >= 0.3 is 0 Å². The topological polar surface area (TPSA) is 0 Å². The highest BCUT2D eigenvalue weighted by Crippen LogP contribution is 1.93. The van der Waals surface area contributed by atoms with Crippen LogP contribution in [-0.2, 0) is 0 Å². The van der Waals surface area contributed by atoms with Crippen LogP contribution >= 0.6 is 0 Å². The first-order chi connectivity index (χ1) is 4.81. The molecule has 10 heavy (non-hydrogen) atoms. The van der Waals surface area contributed by atoms with Gasteiger partial charge in [0.15, 0.2) is 0 Å². The molecule has 0 spiro atoms. The van der Waals surface area contributed by atoms with Gasteiger partial charge in [-0.2, -0.15) is 0 Å². The highest BCUT2D eigenvalue weighted by atomic mass is 13.8. The molecule has 0 nitrogen and oxygen atoms in total. The van der Waals surface area contributed by atoms with Gasteiger partial charge in [-0.1, -0.05) is 26.0 Å². The molecule has 0 aliphatic heterocycles. The Balaban J connectivity index is 3.84. The van der Waals surface area contributed by atoms with Gasteiger partial charge in [0.2, 0.25) is 0 Å². The van der Waals surface area contributed by atoms with Crippen LogP contribution in [0.15, 0.2) is 29.5 Å². The third-order valence-corrected chi connectivity index (χ3v) is 1.33. The first-order valence-corrected chi connectivity index (χ1v) is 3.88. The summed E-state index contributed by atoms with van der Waals surface area (Å²) in [6, 6.07) is 0. The van der Waals surface area contributed by atoms with E-state index in [9.17, 15) is 0 Å². The summed E-state index contributed by atoms with van der Waals surface area (Å²) in [5.74, 6) is 0. The Kier molecular flexibility index (Phi) is 5.91. The van der Waals surface area contributed by atoms with Gasteiger partial charge in [-0.15, -0.1) is 5.73 Å². The van der Waals surface area contributed by atoms with E-state index in [0.717, 1.165) is 12.8 Å². The molecule has 0 fully saturated rings. The van der Waals surface area contributed by atoms with Gasteiger partial charge in [0.25, 0.3) is 0 Å². The van der Waals surface area contributed by atoms with Crippen molar-refractivity contribution in [3.63, 3.8) is 0 Å². The van der Waals surface area contributed by atoms with Gasteiger partial charge in [-0.25, -0.2) is 0 Å². The van der Waals surface area contributed by atoms with Crippen molar-refractivity contribution in [2.45, 2.75) is 33.6 Å². The van der Waals surface area contributed by atoms with Crippen LogP contribution < -0.4 is 0 Å². The van der Waals surface area contributed by atoms with Crippen molar-refractivity contribution in [3.8, 4) is 0 Å². The fourth-order valence-corrected chi connectivity index (χ4v) is 0.497. The third kappa shape index (κ3) is 5.40. The average Bonchev–Trinajstić information content (AvgIpc) is 1.98. The van der Waals surface area contributed by atoms with E-state index >= 15 is 0 Å². The second kappa shape index (κ2) is 6.38. The molecule has 0 bridgehead atoms. The molecule has 0 radical (unpaired) electrons. The predicted molar refractivity (Wildman–Crippen MR) is 47.0 cm³/mol. The van der Waals surface area contributed by atoms with E-state index in [2.05, 4.69) is 32.6 Å². The smallest absolute Gasteiger partial charge is 0.0204 e. The van der Waals surface area contributed by atoms with Gasteiger partial charge in [0.05, 0.1) is 0 Å². The molecule has 0 aromatic heterocycles. The molecule has 56 valence electrons. The van der Waals surface area contributed by atoms with Gasteiger partial charge < -0.3 is 0 Å². The lowest BCUT2D eigenvalue weighted by Crippen LogP contribution is -1.63. The van der Waals surface area contributed by atoms with Crippen molar-refractivity contribution in [2.75, 3.05) is 0 Å². The molecule has 0 N–H and O–H groups in total. The second-order valence-electron chi connectivity index (χ2n) is 2.28. The molecule has 0 aromatic rings. The highest BCUT2D eigenvalue weighted by molar-refractivity contribution is 5.06. The summed E-state index contributed by atoms with van der Waals surface area (Å²) in [4.78, 5) is 0. The normalized spacial score (nSPS) is 9.50. The first-order valence-electron chi connectivity index (χ1n) is 3.88. The molecular formula is C10H16. The Morgan fingerprint density at radius 3 is 2.60 bits per heavy atom. The van der Waals surface area contributed by atoms with E-state index in [-0.39, 0.29) is 0 Å². The molecule has 0 heteroatoms. The first kappa shape index (κ1) is 9.26. The number of hydrogen-bond donors (Lipinski definition) is 0. The Labute approximate surface area is 64.0 Å². The molecule has 0 aromatic carbocycles. The highest BCUT2D eigenvalue weighted by Gasteiger charge is 1.74. The fourth-order valence-electron chi connectivity index (χ4n) is 0.497. The van der Waals surface area contributed by atoms with Crippen molar-refractivity contribution in [3.05, 3.63) is 29.5 Å². The van der Waals surface area contributed by atoms with Crippen LogP contribution in [0.2, 0.25) is 0 Å². The molecule has 0 aliphatic rings. The lowest BCUT2D eigenvalue weighted by molar-refractivity contribution is 1.10. The Morgan fingerprint density at radius 1 is 1.40 bits per heavy atom. The van der Waals surface area contributed by atoms with E-state index in [1.165, 1.54) is 5.57 Å². The SMILES string of the molecule is CCC=CC=C=C(C)CC. The predicted octanol–water partition coefficient (Wildman–Crippen LogP) is 3.46. The summed E-state index contributed by atoms with van der Waals surface area (Å²) in [6.45, 7) is 6.36. The minimum atomic E-state index is 1.09. The number of hydrogen-bond acceptors (Lipinski definition) is 0. The van der Waals surface area contributed by atoms with Crippen molar-refractivity contribution in [1.82, 2.24) is 0 Å². The minimum Gasteiger partial charge on any atom is -0.122 e. The molecule has 0 saturated heterocycles. The van der Waals surface area contributed by atoms with Gasteiger partial charge in [0.1, 0.15) is 0 Å². The Hall–Kier alpha value is -0.740. The van der Waals surface area contributed by atoms with Crippen LogP contribution in [0.25, 0.3) is 0 Å². The summed E-state index contributed by atoms with van der Waals surface area (Å²) >= 11 is 0. The quantitative estimate of drug-likeness (QED) is 0.411. The van der Waals surface area contributed by atoms with E-state index < -0.39 is 0 Å². The van der Waals surface area contributed by atoms with Crippen LogP contribution in [0, 0.1) is 0 Å². The Bertz CT molecular complexity index is 155. The summed E-state index contributed by atoms with van der Waals surface area (Å²) in [6.07, 6.45) is 8.33. The maximum atomic E-state index is 3.17. The van der Waals surface area contributed by atoms with E-state index in [4.69, 9.17) is 0 Å². The maximum Gasteiger partial charge on any atom is -0.0204 e. The summed E-state index contributed by atoms with van der Waals surface area (Å²) in [5.41, 5.74) is 4.48. The number of allylic oxidation sites excluding steroid dienone is 3. The largest absolute Gasteiger partial charge is 0.122 e. The van der Waals surface area contributed by atoms with Crippen molar-refractivity contribution in [2.24, 2.45) is 0 Å². The van der Waals surface area contributed by atoms with Crippen molar-refractivity contribution >= 4 is 0 Å². The fraction of sp³-hybridized carbons (Fsp3) is 0.500. The molecule has 0 saturated carbocycles. The van der Waals surface area contributed by atoms with Gasteiger partial charge in [-0.05, 0) is 31.4 Å². The molecule has 0 heterocycles. The van der Waals surface area contributed by atoms with Crippen LogP contribution in [0.5, 0.6) is 0 Å². The zero-order valence-electron chi connectivity index (χ0n) is 7.15. The Morgan fingerprint density at radius 2 is 2.10 bits per heavy atom. The van der Waals surface area contributed by atoms with Crippen molar-refractivity contribution < 1.29 is 0 Å². The van der Waals surface area contributed by atoms with E-state index in [1.54, 1.807) is 0 Å². The molecule has 0 atom stereocenters. The van der Waals surface area contributed by atoms with E-state index in [0.29, 0.717) is 0 Å². The van der Waals surface area contributed by atoms with Gasteiger partial charge in [-0.3, -0.25) is 0 Å². The number of rotatable bonds is 3. The molecular weight excluding hydrogens is 120 g/mol. The molecule has 0 aliphatic carbocycles.